The van der Waals surface area contributed by atoms with E-state index in [1.807, 2.05) is 40.3 Å². The van der Waals surface area contributed by atoms with Gasteiger partial charge in [-0.1, -0.05) is 12.1 Å². The third-order valence-electron chi connectivity index (χ3n) is 5.33. The maximum atomic E-state index is 12.5. The molecule has 2 saturated heterocycles. The molecule has 25 heavy (non-hydrogen) atoms. The van der Waals surface area contributed by atoms with E-state index in [4.69, 9.17) is 0 Å². The van der Waals surface area contributed by atoms with Gasteiger partial charge in [-0.2, -0.15) is 0 Å². The Morgan fingerprint density at radius 1 is 1.08 bits per heavy atom. The predicted octanol–water partition coefficient (Wildman–Crippen LogP) is 2.87. The second-order valence-electron chi connectivity index (χ2n) is 6.86. The van der Waals surface area contributed by atoms with Gasteiger partial charge in [0.05, 0.1) is 0 Å². The van der Waals surface area contributed by atoms with E-state index in [9.17, 15) is 14.7 Å². The Morgan fingerprint density at radius 2 is 1.68 bits per heavy atom. The summed E-state index contributed by atoms with van der Waals surface area (Å²) in [6, 6.07) is 7.14. The van der Waals surface area contributed by atoms with Crippen LogP contribution in [0.1, 0.15) is 37.3 Å². The zero-order valence-corrected chi connectivity index (χ0v) is 15.5. The molecular weight excluding hydrogens is 336 g/mol. The van der Waals surface area contributed by atoms with E-state index < -0.39 is 12.0 Å². The lowest BCUT2D eigenvalue weighted by Gasteiger charge is -2.36. The number of carbonyl (C=O) groups excluding carboxylic acids is 1. The third kappa shape index (κ3) is 4.18. The van der Waals surface area contributed by atoms with Crippen molar-refractivity contribution < 1.29 is 14.7 Å². The number of carboxylic acids is 1. The van der Waals surface area contributed by atoms with Crippen molar-refractivity contribution in [2.45, 2.75) is 36.6 Å². The van der Waals surface area contributed by atoms with Gasteiger partial charge in [-0.15, -0.1) is 11.8 Å². The minimum absolute atomic E-state index is 0.0580. The number of piperidine rings is 1. The van der Waals surface area contributed by atoms with Gasteiger partial charge in [0.15, 0.2) is 0 Å². The molecule has 2 aliphatic heterocycles. The molecule has 1 N–H and O–H groups in total. The smallest absolute Gasteiger partial charge is 0.325 e. The van der Waals surface area contributed by atoms with Gasteiger partial charge < -0.3 is 10.0 Å². The number of nitrogens with zero attached hydrogens (tertiary/aromatic N) is 2. The van der Waals surface area contributed by atoms with Crippen molar-refractivity contribution in [1.82, 2.24) is 9.80 Å². The van der Waals surface area contributed by atoms with Crippen LogP contribution in [0.15, 0.2) is 29.2 Å². The molecule has 0 saturated carbocycles. The highest BCUT2D eigenvalue weighted by Gasteiger charge is 2.34. The Hall–Kier alpha value is -1.53. The molecule has 136 valence electrons. The number of hydrogen-bond donors (Lipinski definition) is 1. The first-order valence-corrected chi connectivity index (χ1v) is 10.2. The topological polar surface area (TPSA) is 60.9 Å². The van der Waals surface area contributed by atoms with E-state index >= 15 is 0 Å². The number of carboxylic acid groups (broad SMARTS) is 1. The number of aliphatic carboxylic acids is 1. The van der Waals surface area contributed by atoms with Gasteiger partial charge in [-0.3, -0.25) is 14.5 Å². The fourth-order valence-electron chi connectivity index (χ4n) is 3.90. The van der Waals surface area contributed by atoms with Gasteiger partial charge in [-0.05, 0) is 49.6 Å². The highest BCUT2D eigenvalue weighted by Crippen LogP contribution is 2.29. The second kappa shape index (κ2) is 8.23. The molecule has 3 rings (SSSR count). The monoisotopic (exact) mass is 362 g/mol. The van der Waals surface area contributed by atoms with Gasteiger partial charge in [0.2, 0.25) is 5.91 Å². The van der Waals surface area contributed by atoms with E-state index in [0.717, 1.165) is 49.2 Å². The zero-order valence-electron chi connectivity index (χ0n) is 14.7. The van der Waals surface area contributed by atoms with Crippen molar-refractivity contribution in [1.29, 1.82) is 0 Å². The summed E-state index contributed by atoms with van der Waals surface area (Å²) in [6.45, 7) is 3.09. The average molecular weight is 362 g/mol. The Bertz CT molecular complexity index is 606. The summed E-state index contributed by atoms with van der Waals surface area (Å²) >= 11 is 1.65. The van der Waals surface area contributed by atoms with Gasteiger partial charge >= 0.3 is 5.97 Å². The van der Waals surface area contributed by atoms with E-state index in [1.54, 1.807) is 11.8 Å². The number of rotatable bonds is 5. The van der Waals surface area contributed by atoms with Crippen LogP contribution in [-0.2, 0) is 9.59 Å². The number of hydrogen-bond acceptors (Lipinski definition) is 4. The maximum absolute atomic E-state index is 12.5. The summed E-state index contributed by atoms with van der Waals surface area (Å²) in [4.78, 5) is 29.5. The second-order valence-corrected chi connectivity index (χ2v) is 7.74. The number of likely N-dealkylation sites (tertiary alicyclic amines) is 2. The summed E-state index contributed by atoms with van der Waals surface area (Å²) in [6.07, 6.45) is 5.73. The Labute approximate surface area is 153 Å². The Morgan fingerprint density at radius 3 is 2.20 bits per heavy atom. The third-order valence-corrected chi connectivity index (χ3v) is 6.07. The largest absolute Gasteiger partial charge is 0.480 e. The average Bonchev–Trinajstić information content (AvgIpc) is 3.17. The van der Waals surface area contributed by atoms with Gasteiger partial charge in [0.25, 0.3) is 0 Å². The van der Waals surface area contributed by atoms with E-state index in [2.05, 4.69) is 0 Å². The van der Waals surface area contributed by atoms with Crippen molar-refractivity contribution in [3.63, 3.8) is 0 Å². The molecule has 5 nitrogen and oxygen atoms in total. The Kier molecular flexibility index (Phi) is 6.02. The molecule has 0 unspecified atom stereocenters. The molecule has 0 radical (unpaired) electrons. The summed E-state index contributed by atoms with van der Waals surface area (Å²) in [5, 5.41) is 9.73. The van der Waals surface area contributed by atoms with Gasteiger partial charge in [-0.25, -0.2) is 0 Å². The molecule has 2 heterocycles. The molecule has 1 aromatic carbocycles. The van der Waals surface area contributed by atoms with Crippen LogP contribution >= 0.6 is 11.8 Å². The number of benzene rings is 1. The summed E-state index contributed by atoms with van der Waals surface area (Å²) < 4.78 is 0. The van der Waals surface area contributed by atoms with E-state index in [0.29, 0.717) is 13.1 Å². The zero-order chi connectivity index (χ0) is 17.8. The summed E-state index contributed by atoms with van der Waals surface area (Å²) in [7, 11) is 0. The Balaban J connectivity index is 1.64. The maximum Gasteiger partial charge on any atom is 0.325 e. The van der Waals surface area contributed by atoms with Crippen LogP contribution in [0, 0.1) is 5.92 Å². The number of amides is 1. The fraction of sp³-hybridized carbons (Fsp3) is 0.579. The summed E-state index contributed by atoms with van der Waals surface area (Å²) in [5.41, 5.74) is 0.814. The molecule has 0 aliphatic carbocycles. The minimum Gasteiger partial charge on any atom is -0.480 e. The van der Waals surface area contributed by atoms with Crippen LogP contribution in [0.2, 0.25) is 0 Å². The van der Waals surface area contributed by atoms with Gasteiger partial charge in [0.1, 0.15) is 6.04 Å². The molecule has 6 heteroatoms. The lowest BCUT2D eigenvalue weighted by atomic mass is 9.93. The van der Waals surface area contributed by atoms with Crippen LogP contribution in [-0.4, -0.2) is 59.2 Å². The quantitative estimate of drug-likeness (QED) is 0.816. The van der Waals surface area contributed by atoms with Crippen LogP contribution in [0.5, 0.6) is 0 Å². The highest BCUT2D eigenvalue weighted by molar-refractivity contribution is 7.98. The lowest BCUT2D eigenvalue weighted by Crippen LogP contribution is -2.44. The normalized spacial score (nSPS) is 20.6. The standard InChI is InChI=1S/C19H26N2O3S/c1-25-16-6-4-14(5-7-16)17(19(23)24)20-12-8-15(9-13-20)18(22)21-10-2-3-11-21/h4-7,15,17H,2-3,8-13H2,1H3,(H,23,24)/t17-/m0/s1. The molecular formula is C19H26N2O3S. The van der Waals surface area contributed by atoms with Crippen molar-refractivity contribution in [3.8, 4) is 0 Å². The number of carbonyl (C=O) groups is 2. The van der Waals surface area contributed by atoms with Crippen molar-refractivity contribution in [2.24, 2.45) is 5.92 Å². The first kappa shape index (κ1) is 18.3. The molecule has 2 aliphatic rings. The SMILES string of the molecule is CSc1ccc([C@@H](C(=O)O)N2CCC(C(=O)N3CCCC3)CC2)cc1. The van der Waals surface area contributed by atoms with E-state index in [1.165, 1.54) is 0 Å². The molecule has 0 bridgehead atoms. The van der Waals surface area contributed by atoms with Crippen LogP contribution in [0.25, 0.3) is 0 Å². The fourth-order valence-corrected chi connectivity index (χ4v) is 4.30. The minimum atomic E-state index is -0.818. The van der Waals surface area contributed by atoms with Crippen LogP contribution < -0.4 is 0 Å². The first-order valence-electron chi connectivity index (χ1n) is 8.99. The molecule has 2 fully saturated rings. The molecule has 1 atom stereocenters. The highest BCUT2D eigenvalue weighted by atomic mass is 32.2. The predicted molar refractivity (Wildman–Crippen MR) is 98.7 cm³/mol. The first-order chi connectivity index (χ1) is 12.1. The number of thioether (sulfide) groups is 1. The van der Waals surface area contributed by atoms with Crippen LogP contribution in [0.4, 0.5) is 0 Å². The van der Waals surface area contributed by atoms with E-state index in [-0.39, 0.29) is 11.8 Å². The molecule has 0 spiro atoms. The van der Waals surface area contributed by atoms with Crippen molar-refractivity contribution in [2.75, 3.05) is 32.4 Å². The van der Waals surface area contributed by atoms with Crippen molar-refractivity contribution in [3.05, 3.63) is 29.8 Å². The van der Waals surface area contributed by atoms with Crippen molar-refractivity contribution >= 4 is 23.6 Å². The summed E-state index contributed by atoms with van der Waals surface area (Å²) in [5.74, 6) is -0.489. The van der Waals surface area contributed by atoms with Gasteiger partial charge in [0, 0.05) is 37.0 Å². The lowest BCUT2D eigenvalue weighted by molar-refractivity contribution is -0.144. The molecule has 0 aromatic heterocycles. The molecule has 1 aromatic rings. The molecule has 1 amide bonds. The van der Waals surface area contributed by atoms with Crippen LogP contribution in [0.3, 0.4) is 0 Å².